The molecule has 4 unspecified atom stereocenters. The molecule has 2 nitrogen and oxygen atoms in total. The summed E-state index contributed by atoms with van der Waals surface area (Å²) in [4.78, 5) is 0. The van der Waals surface area contributed by atoms with Crippen LogP contribution in [-0.4, -0.2) is 23.8 Å². The Balaban J connectivity index is 1.78. The van der Waals surface area contributed by atoms with Crippen LogP contribution < -0.4 is 5.32 Å². The largest absolute Gasteiger partial charge is 0.396 e. The Bertz CT molecular complexity index is 217. The van der Waals surface area contributed by atoms with Crippen LogP contribution >= 0.6 is 0 Å². The van der Waals surface area contributed by atoms with Gasteiger partial charge in [-0.25, -0.2) is 0 Å². The first kappa shape index (κ1) is 13.4. The summed E-state index contributed by atoms with van der Waals surface area (Å²) in [5, 5.41) is 12.8. The molecule has 0 heterocycles. The Kier molecular flexibility index (Phi) is 5.30. The van der Waals surface area contributed by atoms with Crippen LogP contribution in [0.4, 0.5) is 0 Å². The molecule has 2 heteroatoms. The zero-order chi connectivity index (χ0) is 12.1. The maximum atomic E-state index is 9.04. The number of rotatable bonds is 5. The van der Waals surface area contributed by atoms with Crippen LogP contribution in [0.2, 0.25) is 0 Å². The molecular weight excluding hydrogens is 210 g/mol. The second-order valence-corrected chi connectivity index (χ2v) is 6.10. The van der Waals surface area contributed by atoms with Gasteiger partial charge in [-0.2, -0.15) is 0 Å². The van der Waals surface area contributed by atoms with Crippen LogP contribution in [-0.2, 0) is 0 Å². The van der Waals surface area contributed by atoms with E-state index in [2.05, 4.69) is 12.2 Å². The predicted octanol–water partition coefficient (Wildman–Crippen LogP) is 3.10. The van der Waals surface area contributed by atoms with Crippen molar-refractivity contribution in [3.8, 4) is 0 Å². The highest BCUT2D eigenvalue weighted by Crippen LogP contribution is 2.40. The van der Waals surface area contributed by atoms with Gasteiger partial charge in [0.05, 0.1) is 0 Å². The summed E-state index contributed by atoms with van der Waals surface area (Å²) < 4.78 is 0. The van der Waals surface area contributed by atoms with Gasteiger partial charge in [-0.15, -0.1) is 0 Å². The molecule has 2 aliphatic rings. The SMILES string of the molecule is CCC(CCO)NC1CCC2CCCCC2C1. The zero-order valence-corrected chi connectivity index (χ0v) is 11.3. The van der Waals surface area contributed by atoms with E-state index in [1.165, 1.54) is 44.9 Å². The summed E-state index contributed by atoms with van der Waals surface area (Å²) in [5.41, 5.74) is 0. The van der Waals surface area contributed by atoms with Gasteiger partial charge in [0.2, 0.25) is 0 Å². The van der Waals surface area contributed by atoms with E-state index in [-0.39, 0.29) is 0 Å². The van der Waals surface area contributed by atoms with E-state index in [1.807, 2.05) is 0 Å². The first-order valence-corrected chi connectivity index (χ1v) is 7.70. The molecule has 0 aromatic heterocycles. The van der Waals surface area contributed by atoms with Gasteiger partial charge in [0.25, 0.3) is 0 Å². The van der Waals surface area contributed by atoms with Crippen molar-refractivity contribution in [2.75, 3.05) is 6.61 Å². The lowest BCUT2D eigenvalue weighted by molar-refractivity contribution is 0.134. The fourth-order valence-corrected chi connectivity index (χ4v) is 3.92. The first-order chi connectivity index (χ1) is 8.33. The lowest BCUT2D eigenvalue weighted by atomic mass is 9.69. The molecule has 2 saturated carbocycles. The molecule has 2 fully saturated rings. The quantitative estimate of drug-likeness (QED) is 0.772. The topological polar surface area (TPSA) is 32.3 Å². The van der Waals surface area contributed by atoms with E-state index < -0.39 is 0 Å². The molecule has 0 bridgehead atoms. The molecule has 4 atom stereocenters. The average molecular weight is 239 g/mol. The van der Waals surface area contributed by atoms with Gasteiger partial charge in [0, 0.05) is 18.7 Å². The molecule has 0 aromatic carbocycles. The summed E-state index contributed by atoms with van der Waals surface area (Å²) in [5.74, 6) is 2.04. The van der Waals surface area contributed by atoms with Crippen molar-refractivity contribution in [3.05, 3.63) is 0 Å². The number of nitrogens with one attached hydrogen (secondary N) is 1. The molecule has 0 radical (unpaired) electrons. The van der Waals surface area contributed by atoms with E-state index >= 15 is 0 Å². The van der Waals surface area contributed by atoms with Crippen LogP contribution in [0, 0.1) is 11.8 Å². The maximum Gasteiger partial charge on any atom is 0.0445 e. The van der Waals surface area contributed by atoms with Crippen molar-refractivity contribution in [3.63, 3.8) is 0 Å². The van der Waals surface area contributed by atoms with Crippen molar-refractivity contribution in [2.45, 2.75) is 76.8 Å². The van der Waals surface area contributed by atoms with Gasteiger partial charge < -0.3 is 10.4 Å². The lowest BCUT2D eigenvalue weighted by Gasteiger charge is -2.40. The Labute approximate surface area is 106 Å². The first-order valence-electron chi connectivity index (χ1n) is 7.70. The van der Waals surface area contributed by atoms with E-state index in [0.717, 1.165) is 30.7 Å². The van der Waals surface area contributed by atoms with Crippen molar-refractivity contribution >= 4 is 0 Å². The molecule has 0 amide bonds. The van der Waals surface area contributed by atoms with Gasteiger partial charge in [-0.3, -0.25) is 0 Å². The molecular formula is C15H29NO. The van der Waals surface area contributed by atoms with E-state index in [0.29, 0.717) is 12.6 Å². The highest BCUT2D eigenvalue weighted by molar-refractivity contribution is 4.87. The summed E-state index contributed by atoms with van der Waals surface area (Å²) in [6, 6.07) is 1.26. The maximum absolute atomic E-state index is 9.04. The molecule has 0 aliphatic heterocycles. The van der Waals surface area contributed by atoms with Crippen molar-refractivity contribution in [1.29, 1.82) is 0 Å². The van der Waals surface area contributed by atoms with Crippen LogP contribution in [0.3, 0.4) is 0 Å². The Morgan fingerprint density at radius 3 is 2.59 bits per heavy atom. The van der Waals surface area contributed by atoms with E-state index in [4.69, 9.17) is 5.11 Å². The molecule has 2 rings (SSSR count). The van der Waals surface area contributed by atoms with Crippen LogP contribution in [0.1, 0.15) is 64.7 Å². The third kappa shape index (κ3) is 3.69. The molecule has 0 saturated heterocycles. The number of hydrogen-bond donors (Lipinski definition) is 2. The molecule has 2 N–H and O–H groups in total. The highest BCUT2D eigenvalue weighted by Gasteiger charge is 2.32. The summed E-state index contributed by atoms with van der Waals surface area (Å²) in [7, 11) is 0. The van der Waals surface area contributed by atoms with Gasteiger partial charge in [-0.05, 0) is 43.9 Å². The smallest absolute Gasteiger partial charge is 0.0445 e. The third-order valence-corrected chi connectivity index (χ3v) is 4.98. The van der Waals surface area contributed by atoms with Crippen molar-refractivity contribution in [1.82, 2.24) is 5.32 Å². The predicted molar refractivity (Wildman–Crippen MR) is 72.0 cm³/mol. The molecule has 2 aliphatic carbocycles. The van der Waals surface area contributed by atoms with Gasteiger partial charge in [0.15, 0.2) is 0 Å². The summed E-state index contributed by atoms with van der Waals surface area (Å²) in [6.45, 7) is 2.55. The minimum atomic E-state index is 0.324. The Morgan fingerprint density at radius 2 is 1.88 bits per heavy atom. The minimum Gasteiger partial charge on any atom is -0.396 e. The molecule has 0 spiro atoms. The molecule has 0 aromatic rings. The third-order valence-electron chi connectivity index (χ3n) is 4.98. The van der Waals surface area contributed by atoms with Crippen molar-refractivity contribution < 1.29 is 5.11 Å². The monoisotopic (exact) mass is 239 g/mol. The number of hydrogen-bond acceptors (Lipinski definition) is 2. The second-order valence-electron chi connectivity index (χ2n) is 6.10. The average Bonchev–Trinajstić information content (AvgIpc) is 2.38. The zero-order valence-electron chi connectivity index (χ0n) is 11.3. The number of aliphatic hydroxyl groups is 1. The van der Waals surface area contributed by atoms with Crippen molar-refractivity contribution in [2.24, 2.45) is 11.8 Å². The lowest BCUT2D eigenvalue weighted by Crippen LogP contribution is -2.43. The second kappa shape index (κ2) is 6.75. The fraction of sp³-hybridized carbons (Fsp3) is 1.00. The van der Waals surface area contributed by atoms with Gasteiger partial charge in [-0.1, -0.05) is 32.6 Å². The molecule has 17 heavy (non-hydrogen) atoms. The fourth-order valence-electron chi connectivity index (χ4n) is 3.92. The van der Waals surface area contributed by atoms with Gasteiger partial charge >= 0.3 is 0 Å². The standard InChI is InChI=1S/C15H29NO/c1-2-14(9-10-17)16-15-8-7-12-5-3-4-6-13(12)11-15/h12-17H,2-11H2,1H3. The molecule has 100 valence electrons. The number of aliphatic hydroxyl groups excluding tert-OH is 1. The summed E-state index contributed by atoms with van der Waals surface area (Å²) >= 11 is 0. The van der Waals surface area contributed by atoms with E-state index in [1.54, 1.807) is 0 Å². The van der Waals surface area contributed by atoms with Crippen LogP contribution in [0.15, 0.2) is 0 Å². The summed E-state index contributed by atoms with van der Waals surface area (Å²) in [6.07, 6.45) is 12.2. The van der Waals surface area contributed by atoms with Crippen LogP contribution in [0.25, 0.3) is 0 Å². The van der Waals surface area contributed by atoms with Gasteiger partial charge in [0.1, 0.15) is 0 Å². The highest BCUT2D eigenvalue weighted by atomic mass is 16.3. The normalized spacial score (nSPS) is 35.3. The number of fused-ring (bicyclic) bond motifs is 1. The van der Waals surface area contributed by atoms with Crippen LogP contribution in [0.5, 0.6) is 0 Å². The Morgan fingerprint density at radius 1 is 1.12 bits per heavy atom. The Hall–Kier alpha value is -0.0800. The van der Waals surface area contributed by atoms with E-state index in [9.17, 15) is 0 Å². The minimum absolute atomic E-state index is 0.324.